The van der Waals surface area contributed by atoms with Crippen LogP contribution in [0, 0.1) is 12.3 Å². The quantitative estimate of drug-likeness (QED) is 0.881. The van der Waals surface area contributed by atoms with Gasteiger partial charge in [-0.3, -0.25) is 9.59 Å². The predicted octanol–water partition coefficient (Wildman–Crippen LogP) is 1.72. The lowest BCUT2D eigenvalue weighted by atomic mass is 9.82. The van der Waals surface area contributed by atoms with Crippen molar-refractivity contribution in [2.24, 2.45) is 5.41 Å². The number of pyridine rings is 1. The van der Waals surface area contributed by atoms with Crippen molar-refractivity contribution in [1.82, 2.24) is 9.88 Å². The number of carbonyl (C=O) groups is 2. The molecule has 2 heterocycles. The van der Waals surface area contributed by atoms with Crippen molar-refractivity contribution in [2.45, 2.75) is 26.7 Å². The summed E-state index contributed by atoms with van der Waals surface area (Å²) in [5.74, 6) is -1.03. The smallest absolute Gasteiger partial charge is 0.311 e. The Morgan fingerprint density at radius 2 is 2.16 bits per heavy atom. The van der Waals surface area contributed by atoms with Gasteiger partial charge in [0, 0.05) is 18.8 Å². The van der Waals surface area contributed by atoms with Crippen LogP contribution in [0.15, 0.2) is 18.2 Å². The molecule has 5 nitrogen and oxygen atoms in total. The molecule has 1 saturated heterocycles. The first-order chi connectivity index (χ1) is 8.92. The van der Waals surface area contributed by atoms with Crippen LogP contribution in [0.1, 0.15) is 35.9 Å². The number of aliphatic carboxylic acids is 1. The third-order valence-corrected chi connectivity index (χ3v) is 3.61. The van der Waals surface area contributed by atoms with Gasteiger partial charge in [0.2, 0.25) is 0 Å². The first kappa shape index (κ1) is 13.5. The molecule has 5 heteroatoms. The highest BCUT2D eigenvalue weighted by Gasteiger charge is 2.39. The highest BCUT2D eigenvalue weighted by atomic mass is 16.4. The lowest BCUT2D eigenvalue weighted by Crippen LogP contribution is -2.48. The number of carbonyl (C=O) groups excluding carboxylic acids is 1. The molecule has 1 unspecified atom stereocenters. The monoisotopic (exact) mass is 262 g/mol. The molecule has 19 heavy (non-hydrogen) atoms. The second kappa shape index (κ2) is 4.99. The van der Waals surface area contributed by atoms with Gasteiger partial charge in [-0.1, -0.05) is 6.07 Å². The molecule has 1 aromatic rings. The maximum absolute atomic E-state index is 12.3. The first-order valence-electron chi connectivity index (χ1n) is 6.39. The molecule has 0 radical (unpaired) electrons. The molecule has 0 spiro atoms. The van der Waals surface area contributed by atoms with Crippen LogP contribution in [0.3, 0.4) is 0 Å². The highest BCUT2D eigenvalue weighted by Crippen LogP contribution is 2.30. The molecule has 1 fully saturated rings. The van der Waals surface area contributed by atoms with Gasteiger partial charge in [-0.2, -0.15) is 0 Å². The number of piperidine rings is 1. The fourth-order valence-electron chi connectivity index (χ4n) is 2.41. The lowest BCUT2D eigenvalue weighted by molar-refractivity contribution is -0.150. The summed E-state index contributed by atoms with van der Waals surface area (Å²) in [7, 11) is 0. The predicted molar refractivity (Wildman–Crippen MR) is 69.9 cm³/mol. The summed E-state index contributed by atoms with van der Waals surface area (Å²) in [6.45, 7) is 4.36. The van der Waals surface area contributed by atoms with Crippen LogP contribution < -0.4 is 0 Å². The summed E-state index contributed by atoms with van der Waals surface area (Å²) in [5.41, 5.74) is 0.316. The maximum Gasteiger partial charge on any atom is 0.311 e. The van der Waals surface area contributed by atoms with E-state index in [0.29, 0.717) is 25.1 Å². The zero-order valence-corrected chi connectivity index (χ0v) is 11.2. The number of likely N-dealkylation sites (tertiary alicyclic amines) is 1. The van der Waals surface area contributed by atoms with Crippen molar-refractivity contribution < 1.29 is 14.7 Å². The Balaban J connectivity index is 2.18. The van der Waals surface area contributed by atoms with Crippen LogP contribution in [-0.4, -0.2) is 40.0 Å². The van der Waals surface area contributed by atoms with E-state index in [1.54, 1.807) is 24.0 Å². The average Bonchev–Trinajstić information content (AvgIpc) is 2.38. The molecule has 1 aliphatic heterocycles. The number of aryl methyl sites for hydroxylation is 1. The van der Waals surface area contributed by atoms with Gasteiger partial charge in [-0.15, -0.1) is 0 Å². The van der Waals surface area contributed by atoms with E-state index in [2.05, 4.69) is 4.98 Å². The Kier molecular flexibility index (Phi) is 3.55. The van der Waals surface area contributed by atoms with Crippen molar-refractivity contribution in [3.05, 3.63) is 29.6 Å². The Bertz CT molecular complexity index is 515. The molecule has 0 saturated carbocycles. The zero-order valence-electron chi connectivity index (χ0n) is 11.2. The molecule has 1 aromatic heterocycles. The first-order valence-corrected chi connectivity index (χ1v) is 6.39. The van der Waals surface area contributed by atoms with Crippen LogP contribution in [0.25, 0.3) is 0 Å². The number of rotatable bonds is 2. The van der Waals surface area contributed by atoms with Gasteiger partial charge in [-0.25, -0.2) is 4.98 Å². The molecule has 0 aliphatic carbocycles. The fraction of sp³-hybridized carbons (Fsp3) is 0.500. The largest absolute Gasteiger partial charge is 0.481 e. The third-order valence-electron chi connectivity index (χ3n) is 3.61. The topological polar surface area (TPSA) is 70.5 Å². The lowest BCUT2D eigenvalue weighted by Gasteiger charge is -2.37. The van der Waals surface area contributed by atoms with Crippen LogP contribution in [0.4, 0.5) is 0 Å². The van der Waals surface area contributed by atoms with Crippen LogP contribution in [0.2, 0.25) is 0 Å². The van der Waals surface area contributed by atoms with Gasteiger partial charge < -0.3 is 10.0 Å². The Morgan fingerprint density at radius 1 is 1.42 bits per heavy atom. The summed E-state index contributed by atoms with van der Waals surface area (Å²) in [4.78, 5) is 29.4. The second-order valence-electron chi connectivity index (χ2n) is 5.36. The van der Waals surface area contributed by atoms with E-state index >= 15 is 0 Å². The molecule has 0 aromatic carbocycles. The minimum atomic E-state index is -0.849. The van der Waals surface area contributed by atoms with Crippen molar-refractivity contribution in [3.63, 3.8) is 0 Å². The van der Waals surface area contributed by atoms with E-state index in [9.17, 15) is 14.7 Å². The molecule has 1 aliphatic rings. The number of hydrogen-bond acceptors (Lipinski definition) is 3. The minimum Gasteiger partial charge on any atom is -0.481 e. The normalized spacial score (nSPS) is 23.2. The van der Waals surface area contributed by atoms with Crippen molar-refractivity contribution in [1.29, 1.82) is 0 Å². The van der Waals surface area contributed by atoms with Crippen LogP contribution in [-0.2, 0) is 4.79 Å². The number of carboxylic acids is 1. The summed E-state index contributed by atoms with van der Waals surface area (Å²) in [5, 5.41) is 9.26. The zero-order chi connectivity index (χ0) is 14.0. The summed E-state index contributed by atoms with van der Waals surface area (Å²) in [6.07, 6.45) is 1.31. The van der Waals surface area contributed by atoms with E-state index < -0.39 is 11.4 Å². The minimum absolute atomic E-state index is 0.184. The van der Waals surface area contributed by atoms with Gasteiger partial charge in [0.15, 0.2) is 0 Å². The molecule has 2 rings (SSSR count). The van der Waals surface area contributed by atoms with Crippen LogP contribution in [0.5, 0.6) is 0 Å². The van der Waals surface area contributed by atoms with E-state index in [1.165, 1.54) is 0 Å². The highest BCUT2D eigenvalue weighted by molar-refractivity contribution is 5.93. The molecule has 1 atom stereocenters. The molecule has 102 valence electrons. The SMILES string of the molecule is Cc1cccc(C(=O)N2CCCC(C)(C(=O)O)C2)n1. The van der Waals surface area contributed by atoms with Crippen molar-refractivity contribution >= 4 is 11.9 Å². The standard InChI is InChI=1S/C14H18N2O3/c1-10-5-3-6-11(15-10)12(17)16-8-4-7-14(2,9-16)13(18)19/h3,5-6H,4,7-9H2,1-2H3,(H,18,19). The van der Waals surface area contributed by atoms with E-state index in [4.69, 9.17) is 0 Å². The van der Waals surface area contributed by atoms with Gasteiger partial charge in [0.1, 0.15) is 5.69 Å². The average molecular weight is 262 g/mol. The summed E-state index contributed by atoms with van der Waals surface area (Å²) < 4.78 is 0. The number of hydrogen-bond donors (Lipinski definition) is 1. The fourth-order valence-corrected chi connectivity index (χ4v) is 2.41. The number of carboxylic acid groups (broad SMARTS) is 1. The van der Waals surface area contributed by atoms with Gasteiger partial charge in [-0.05, 0) is 38.8 Å². The van der Waals surface area contributed by atoms with Crippen molar-refractivity contribution in [3.8, 4) is 0 Å². The number of amides is 1. The number of nitrogens with zero attached hydrogens (tertiary/aromatic N) is 2. The third kappa shape index (κ3) is 2.75. The Labute approximate surface area is 112 Å². The van der Waals surface area contributed by atoms with Gasteiger partial charge in [0.25, 0.3) is 5.91 Å². The molecule has 1 amide bonds. The Hall–Kier alpha value is -1.91. The number of aromatic nitrogens is 1. The second-order valence-corrected chi connectivity index (χ2v) is 5.36. The Morgan fingerprint density at radius 3 is 2.79 bits per heavy atom. The van der Waals surface area contributed by atoms with Gasteiger partial charge in [0.05, 0.1) is 5.41 Å². The van der Waals surface area contributed by atoms with E-state index in [1.807, 2.05) is 13.0 Å². The van der Waals surface area contributed by atoms with E-state index in [-0.39, 0.29) is 12.5 Å². The summed E-state index contributed by atoms with van der Waals surface area (Å²) in [6, 6.07) is 5.28. The molecular weight excluding hydrogens is 244 g/mol. The molecule has 0 bridgehead atoms. The van der Waals surface area contributed by atoms with Gasteiger partial charge >= 0.3 is 5.97 Å². The van der Waals surface area contributed by atoms with Crippen molar-refractivity contribution in [2.75, 3.05) is 13.1 Å². The molecular formula is C14H18N2O3. The summed E-state index contributed by atoms with van der Waals surface area (Å²) >= 11 is 0. The van der Waals surface area contributed by atoms with Crippen LogP contribution >= 0.6 is 0 Å². The molecule has 1 N–H and O–H groups in total. The van der Waals surface area contributed by atoms with E-state index in [0.717, 1.165) is 5.69 Å². The maximum atomic E-state index is 12.3.